The summed E-state index contributed by atoms with van der Waals surface area (Å²) in [6.45, 7) is 3.41. The molecule has 0 radical (unpaired) electrons. The van der Waals surface area contributed by atoms with E-state index in [1.54, 1.807) is 4.57 Å². The van der Waals surface area contributed by atoms with Crippen molar-refractivity contribution in [3.63, 3.8) is 0 Å². The lowest BCUT2D eigenvalue weighted by Crippen LogP contribution is -2.24. The number of nitrogens with zero attached hydrogens (tertiary/aromatic N) is 3. The van der Waals surface area contributed by atoms with Crippen molar-refractivity contribution in [1.82, 2.24) is 14.5 Å². The van der Waals surface area contributed by atoms with Crippen molar-refractivity contribution >= 4 is 28.7 Å². The first-order valence-corrected chi connectivity index (χ1v) is 8.90. The number of Topliss-reactive ketones (excluding diaryl/α,β-unsaturated/α-hetero) is 1. The molecule has 0 aliphatic heterocycles. The van der Waals surface area contributed by atoms with Gasteiger partial charge in [0, 0.05) is 19.2 Å². The number of primary amides is 1. The maximum Gasteiger partial charge on any atom is 0.321 e. The second-order valence-electron chi connectivity index (χ2n) is 6.25. The van der Waals surface area contributed by atoms with E-state index >= 15 is 0 Å². The Morgan fingerprint density at radius 2 is 1.83 bits per heavy atom. The van der Waals surface area contributed by atoms with Crippen LogP contribution in [0.3, 0.4) is 0 Å². The van der Waals surface area contributed by atoms with E-state index in [4.69, 9.17) is 15.2 Å². The monoisotopic (exact) mass is 396 g/mol. The van der Waals surface area contributed by atoms with E-state index in [9.17, 15) is 14.4 Å². The first-order chi connectivity index (χ1) is 13.9. The van der Waals surface area contributed by atoms with Crippen LogP contribution in [0.2, 0.25) is 0 Å². The normalized spacial score (nSPS) is 10.7. The predicted octanol–water partition coefficient (Wildman–Crippen LogP) is 1.64. The molecule has 1 aromatic carbocycles. The molecule has 0 saturated carbocycles. The number of benzene rings is 1. The van der Waals surface area contributed by atoms with Gasteiger partial charge in [-0.1, -0.05) is 37.3 Å². The van der Waals surface area contributed by atoms with Gasteiger partial charge in [-0.15, -0.1) is 0 Å². The molecule has 2 N–H and O–H groups in total. The fourth-order valence-electron chi connectivity index (χ4n) is 3.20. The van der Waals surface area contributed by atoms with Gasteiger partial charge < -0.3 is 19.8 Å². The molecule has 0 fully saturated rings. The second-order valence-corrected chi connectivity index (χ2v) is 6.25. The number of amides is 1. The number of ketones is 1. The molecule has 0 unspecified atom stereocenters. The minimum atomic E-state index is -1.12. The fourth-order valence-corrected chi connectivity index (χ4v) is 3.20. The highest BCUT2D eigenvalue weighted by Gasteiger charge is 2.30. The number of hydrogen-bond acceptors (Lipinski definition) is 7. The first-order valence-electron chi connectivity index (χ1n) is 8.90. The van der Waals surface area contributed by atoms with Crippen LogP contribution in [0.5, 0.6) is 11.9 Å². The number of aromatic nitrogens is 3. The Morgan fingerprint density at radius 1 is 1.14 bits per heavy atom. The first kappa shape index (κ1) is 20.0. The van der Waals surface area contributed by atoms with Crippen LogP contribution < -0.4 is 15.2 Å². The summed E-state index contributed by atoms with van der Waals surface area (Å²) in [5.74, 6) is -2.83. The van der Waals surface area contributed by atoms with Gasteiger partial charge in [-0.3, -0.25) is 14.4 Å². The zero-order chi connectivity index (χ0) is 21.1. The highest BCUT2D eigenvalue weighted by Crippen LogP contribution is 2.34. The summed E-state index contributed by atoms with van der Waals surface area (Å²) in [4.78, 5) is 44.5. The van der Waals surface area contributed by atoms with Gasteiger partial charge in [0.1, 0.15) is 0 Å². The van der Waals surface area contributed by atoms with Crippen LogP contribution >= 0.6 is 0 Å². The molecular formula is C20H20N4O5. The second kappa shape index (κ2) is 8.09. The predicted molar refractivity (Wildman–Crippen MR) is 104 cm³/mol. The van der Waals surface area contributed by atoms with Gasteiger partial charge in [0.2, 0.25) is 5.88 Å². The van der Waals surface area contributed by atoms with Crippen molar-refractivity contribution in [3.05, 3.63) is 47.2 Å². The van der Waals surface area contributed by atoms with E-state index in [1.165, 1.54) is 14.0 Å². The van der Waals surface area contributed by atoms with Gasteiger partial charge in [0.05, 0.1) is 18.1 Å². The molecule has 0 bridgehead atoms. The molecule has 0 aliphatic rings. The Bertz CT molecular complexity index is 1110. The molecular weight excluding hydrogens is 376 g/mol. The minimum Gasteiger partial charge on any atom is -0.467 e. The third-order valence-corrected chi connectivity index (χ3v) is 4.35. The Labute approximate surface area is 166 Å². The molecule has 0 spiro atoms. The SMILES string of the molecule is CCc1c(C(=O)C(N)=O)c2c(OC(C)=O)nc(OC)nc2n1Cc1ccccc1. The van der Waals surface area contributed by atoms with E-state index in [-0.39, 0.29) is 22.8 Å². The maximum absolute atomic E-state index is 12.7. The minimum absolute atomic E-state index is 0.0323. The van der Waals surface area contributed by atoms with Gasteiger partial charge in [0.25, 0.3) is 11.7 Å². The number of fused-ring (bicyclic) bond motifs is 1. The molecule has 0 aliphatic carbocycles. The van der Waals surface area contributed by atoms with E-state index in [1.807, 2.05) is 37.3 Å². The van der Waals surface area contributed by atoms with Crippen molar-refractivity contribution < 1.29 is 23.9 Å². The largest absolute Gasteiger partial charge is 0.467 e. The van der Waals surface area contributed by atoms with E-state index in [0.29, 0.717) is 24.3 Å². The zero-order valence-electron chi connectivity index (χ0n) is 16.3. The van der Waals surface area contributed by atoms with Gasteiger partial charge >= 0.3 is 12.0 Å². The molecule has 1 amide bonds. The highest BCUT2D eigenvalue weighted by atomic mass is 16.5. The molecule has 9 heteroatoms. The average molecular weight is 396 g/mol. The quantitative estimate of drug-likeness (QED) is 0.365. The molecule has 2 heterocycles. The molecule has 9 nitrogen and oxygen atoms in total. The molecule has 0 saturated heterocycles. The van der Waals surface area contributed by atoms with E-state index in [0.717, 1.165) is 5.56 Å². The van der Waals surface area contributed by atoms with Crippen LogP contribution in [0.1, 0.15) is 35.5 Å². The number of esters is 1. The van der Waals surface area contributed by atoms with Gasteiger partial charge in [0.15, 0.2) is 5.65 Å². The topological polar surface area (TPSA) is 126 Å². The number of carbonyl (C=O) groups is 3. The number of carbonyl (C=O) groups excluding carboxylic acids is 3. The summed E-state index contributed by atoms with van der Waals surface area (Å²) in [5.41, 5.74) is 7.10. The molecule has 2 aromatic heterocycles. The summed E-state index contributed by atoms with van der Waals surface area (Å²) >= 11 is 0. The number of hydrogen-bond donors (Lipinski definition) is 1. The molecule has 3 rings (SSSR count). The lowest BCUT2D eigenvalue weighted by molar-refractivity contribution is -0.132. The van der Waals surface area contributed by atoms with E-state index in [2.05, 4.69) is 9.97 Å². The van der Waals surface area contributed by atoms with Crippen molar-refractivity contribution in [2.75, 3.05) is 7.11 Å². The van der Waals surface area contributed by atoms with Crippen molar-refractivity contribution in [2.24, 2.45) is 5.73 Å². The number of nitrogens with two attached hydrogens (primary N) is 1. The standard InChI is InChI=1S/C20H20N4O5/c1-4-13-14(16(26)17(21)27)15-18(24(13)10-12-8-6-5-7-9-12)22-20(28-3)23-19(15)29-11(2)25/h5-9H,4,10H2,1-3H3,(H2,21,27). The summed E-state index contributed by atoms with van der Waals surface area (Å²) in [6.07, 6.45) is 0.402. The molecule has 3 aromatic rings. The fraction of sp³-hybridized carbons (Fsp3) is 0.250. The molecule has 29 heavy (non-hydrogen) atoms. The van der Waals surface area contributed by atoms with Crippen molar-refractivity contribution in [2.45, 2.75) is 26.8 Å². The lowest BCUT2D eigenvalue weighted by Gasteiger charge is -2.10. The highest BCUT2D eigenvalue weighted by molar-refractivity contribution is 6.45. The lowest BCUT2D eigenvalue weighted by atomic mass is 10.1. The van der Waals surface area contributed by atoms with Gasteiger partial charge in [-0.25, -0.2) is 0 Å². The van der Waals surface area contributed by atoms with Crippen LogP contribution in [-0.2, 0) is 22.6 Å². The van der Waals surface area contributed by atoms with Crippen LogP contribution in [0, 0.1) is 0 Å². The summed E-state index contributed by atoms with van der Waals surface area (Å²) in [5, 5.41) is 0.151. The summed E-state index contributed by atoms with van der Waals surface area (Å²) < 4.78 is 12.1. The third kappa shape index (κ3) is 3.79. The average Bonchev–Trinajstić information content (AvgIpc) is 3.01. The Balaban J connectivity index is 2.40. The number of methoxy groups -OCH3 is 1. The van der Waals surface area contributed by atoms with Crippen molar-refractivity contribution in [3.8, 4) is 11.9 Å². The Kier molecular flexibility index (Phi) is 5.58. The smallest absolute Gasteiger partial charge is 0.321 e. The van der Waals surface area contributed by atoms with E-state index < -0.39 is 17.7 Å². The third-order valence-electron chi connectivity index (χ3n) is 4.35. The van der Waals surface area contributed by atoms with Gasteiger partial charge in [-0.2, -0.15) is 9.97 Å². The van der Waals surface area contributed by atoms with Crippen LogP contribution in [-0.4, -0.2) is 39.3 Å². The number of rotatable bonds is 7. The Morgan fingerprint density at radius 3 is 2.38 bits per heavy atom. The van der Waals surface area contributed by atoms with Crippen LogP contribution in [0.4, 0.5) is 0 Å². The Hall–Kier alpha value is -3.75. The zero-order valence-corrected chi connectivity index (χ0v) is 16.3. The van der Waals surface area contributed by atoms with Crippen LogP contribution in [0.25, 0.3) is 11.0 Å². The number of ether oxygens (including phenoxy) is 2. The van der Waals surface area contributed by atoms with Crippen LogP contribution in [0.15, 0.2) is 30.3 Å². The maximum atomic E-state index is 12.7. The summed E-state index contributed by atoms with van der Waals surface area (Å²) in [6, 6.07) is 9.48. The summed E-state index contributed by atoms with van der Waals surface area (Å²) in [7, 11) is 1.37. The molecule has 0 atom stereocenters. The van der Waals surface area contributed by atoms with Gasteiger partial charge in [-0.05, 0) is 12.0 Å². The van der Waals surface area contributed by atoms with Crippen molar-refractivity contribution in [1.29, 1.82) is 0 Å². The molecule has 150 valence electrons.